The Kier molecular flexibility index (Phi) is 8.08. The van der Waals surface area contributed by atoms with E-state index >= 15 is 0 Å². The minimum Gasteiger partial charge on any atom is -0.288 e. The Morgan fingerprint density at radius 1 is 1.15 bits per heavy atom. The van der Waals surface area contributed by atoms with E-state index in [4.69, 9.17) is 0 Å². The summed E-state index contributed by atoms with van der Waals surface area (Å²) in [6.45, 7) is 13.6. The molecule has 2 aliphatic carbocycles. The molecule has 0 amide bonds. The highest BCUT2D eigenvalue weighted by atomic mass is 127. The molecule has 2 rings (SSSR count). The van der Waals surface area contributed by atoms with Gasteiger partial charge in [-0.3, -0.25) is 4.99 Å². The molecule has 146 valence electrons. The molecule has 0 bridgehead atoms. The van der Waals surface area contributed by atoms with Crippen LogP contribution in [0, 0.1) is 11.8 Å². The highest BCUT2D eigenvalue weighted by molar-refractivity contribution is 14.1. The molecule has 2 atom stereocenters. The standard InChI is InChI=1S/C25H34IN/c1-8-20(22-12-16(3)10-11-17(22)4)13-18(5)21-14-19(6)25(23(26)9-2)24(15-21)27-7/h10-12,14-15,17-18H,8-9,13H2,1-7H3/b22-20-,25-23+,27-24?. The number of hydrogen-bond donors (Lipinski definition) is 0. The van der Waals surface area contributed by atoms with Gasteiger partial charge in [0, 0.05) is 12.6 Å². The van der Waals surface area contributed by atoms with Gasteiger partial charge in [0.25, 0.3) is 0 Å². The van der Waals surface area contributed by atoms with Gasteiger partial charge in [0.05, 0.1) is 5.71 Å². The predicted molar refractivity (Wildman–Crippen MR) is 130 cm³/mol. The zero-order chi connectivity index (χ0) is 20.1. The summed E-state index contributed by atoms with van der Waals surface area (Å²) in [4.78, 5) is 4.60. The smallest absolute Gasteiger partial charge is 0.0656 e. The zero-order valence-corrected chi connectivity index (χ0v) is 20.1. The van der Waals surface area contributed by atoms with Gasteiger partial charge in [-0.25, -0.2) is 0 Å². The van der Waals surface area contributed by atoms with Crippen LogP contribution in [0.4, 0.5) is 0 Å². The summed E-state index contributed by atoms with van der Waals surface area (Å²) >= 11 is 2.47. The van der Waals surface area contributed by atoms with E-state index in [0.717, 1.165) is 25.0 Å². The predicted octanol–water partition coefficient (Wildman–Crippen LogP) is 7.93. The van der Waals surface area contributed by atoms with Crippen molar-refractivity contribution in [2.24, 2.45) is 16.8 Å². The van der Waals surface area contributed by atoms with Crippen molar-refractivity contribution < 1.29 is 0 Å². The van der Waals surface area contributed by atoms with Crippen LogP contribution in [-0.2, 0) is 0 Å². The van der Waals surface area contributed by atoms with Crippen molar-refractivity contribution in [2.75, 3.05) is 7.05 Å². The molecule has 0 aliphatic heterocycles. The van der Waals surface area contributed by atoms with Crippen LogP contribution in [0.1, 0.15) is 60.8 Å². The molecule has 0 saturated carbocycles. The fourth-order valence-electron chi connectivity index (χ4n) is 3.99. The van der Waals surface area contributed by atoms with E-state index in [1.807, 2.05) is 7.05 Å². The molecule has 27 heavy (non-hydrogen) atoms. The maximum absolute atomic E-state index is 4.60. The van der Waals surface area contributed by atoms with Crippen molar-refractivity contribution in [1.82, 2.24) is 0 Å². The van der Waals surface area contributed by atoms with E-state index in [2.05, 4.69) is 99.5 Å². The first-order valence-corrected chi connectivity index (χ1v) is 11.2. The summed E-state index contributed by atoms with van der Waals surface area (Å²) < 4.78 is 1.39. The van der Waals surface area contributed by atoms with Crippen molar-refractivity contribution >= 4 is 28.3 Å². The summed E-state index contributed by atoms with van der Waals surface area (Å²) in [7, 11) is 1.91. The van der Waals surface area contributed by atoms with Crippen LogP contribution in [0.2, 0.25) is 0 Å². The first-order chi connectivity index (χ1) is 12.8. The van der Waals surface area contributed by atoms with E-state index < -0.39 is 0 Å². The summed E-state index contributed by atoms with van der Waals surface area (Å²) in [5.74, 6) is 1.01. The van der Waals surface area contributed by atoms with E-state index in [0.29, 0.717) is 11.8 Å². The minimum absolute atomic E-state index is 0.492. The molecule has 2 heteroatoms. The van der Waals surface area contributed by atoms with Crippen molar-refractivity contribution in [3.63, 3.8) is 0 Å². The van der Waals surface area contributed by atoms with Crippen molar-refractivity contribution in [3.8, 4) is 0 Å². The van der Waals surface area contributed by atoms with Gasteiger partial charge in [0.15, 0.2) is 0 Å². The lowest BCUT2D eigenvalue weighted by molar-refractivity contribution is 0.657. The van der Waals surface area contributed by atoms with Crippen LogP contribution in [0.5, 0.6) is 0 Å². The average Bonchev–Trinajstić information content (AvgIpc) is 2.66. The Morgan fingerprint density at radius 3 is 2.44 bits per heavy atom. The van der Waals surface area contributed by atoms with Crippen molar-refractivity contribution in [2.45, 2.75) is 60.8 Å². The maximum atomic E-state index is 4.60. The van der Waals surface area contributed by atoms with Gasteiger partial charge in [0.2, 0.25) is 0 Å². The molecule has 0 N–H and O–H groups in total. The normalized spacial score (nSPS) is 26.4. The largest absolute Gasteiger partial charge is 0.288 e. The van der Waals surface area contributed by atoms with Crippen LogP contribution in [0.15, 0.2) is 72.4 Å². The number of halogens is 1. The summed E-state index contributed by atoms with van der Waals surface area (Å²) in [5.41, 5.74) is 9.69. The fraction of sp³-hybridized carbons (Fsp3) is 0.480. The molecule has 0 heterocycles. The molecule has 2 unspecified atom stereocenters. The second kappa shape index (κ2) is 9.86. The first-order valence-electron chi connectivity index (χ1n) is 10.2. The lowest BCUT2D eigenvalue weighted by atomic mass is 9.81. The number of allylic oxidation sites excluding steroid dienone is 12. The van der Waals surface area contributed by atoms with E-state index in [1.165, 1.54) is 31.4 Å². The highest BCUT2D eigenvalue weighted by Gasteiger charge is 2.21. The van der Waals surface area contributed by atoms with Crippen LogP contribution < -0.4 is 0 Å². The average molecular weight is 475 g/mol. The van der Waals surface area contributed by atoms with Gasteiger partial charge in [-0.15, -0.1) is 0 Å². The Morgan fingerprint density at radius 2 is 1.85 bits per heavy atom. The van der Waals surface area contributed by atoms with Crippen LogP contribution in [0.25, 0.3) is 0 Å². The van der Waals surface area contributed by atoms with Gasteiger partial charge < -0.3 is 0 Å². The quantitative estimate of drug-likeness (QED) is 0.358. The molecule has 0 aromatic rings. The lowest BCUT2D eigenvalue weighted by Gasteiger charge is -2.25. The molecule has 0 saturated heterocycles. The second-order valence-electron chi connectivity index (χ2n) is 7.77. The maximum Gasteiger partial charge on any atom is 0.0656 e. The molecule has 0 radical (unpaired) electrons. The van der Waals surface area contributed by atoms with Gasteiger partial charge in [-0.05, 0) is 93.9 Å². The first kappa shape index (κ1) is 22.1. The van der Waals surface area contributed by atoms with Gasteiger partial charge in [-0.1, -0.05) is 63.1 Å². The van der Waals surface area contributed by atoms with E-state index in [1.54, 1.807) is 5.57 Å². The van der Waals surface area contributed by atoms with E-state index in [-0.39, 0.29) is 0 Å². The lowest BCUT2D eigenvalue weighted by Crippen LogP contribution is -2.13. The van der Waals surface area contributed by atoms with Gasteiger partial charge in [0.1, 0.15) is 0 Å². The molecule has 2 aliphatic rings. The molecule has 0 spiro atoms. The van der Waals surface area contributed by atoms with Gasteiger partial charge >= 0.3 is 0 Å². The molecule has 0 aromatic heterocycles. The Labute approximate surface area is 180 Å². The van der Waals surface area contributed by atoms with Gasteiger partial charge in [-0.2, -0.15) is 0 Å². The Balaban J connectivity index is 2.34. The zero-order valence-electron chi connectivity index (χ0n) is 18.0. The van der Waals surface area contributed by atoms with Crippen LogP contribution >= 0.6 is 22.6 Å². The molecular weight excluding hydrogens is 441 g/mol. The highest BCUT2D eigenvalue weighted by Crippen LogP contribution is 2.35. The van der Waals surface area contributed by atoms with Crippen LogP contribution in [0.3, 0.4) is 0 Å². The molecule has 1 nitrogen and oxygen atoms in total. The SMILES string of the molecule is CC/C(I)=C1/C(C)=CC(C(C)C/C(CC)=C2/C=C(C)C=CC2C)=CC1=NC. The van der Waals surface area contributed by atoms with Crippen molar-refractivity contribution in [3.05, 3.63) is 67.4 Å². The number of rotatable bonds is 5. The summed E-state index contributed by atoms with van der Waals surface area (Å²) in [6.07, 6.45) is 14.9. The fourth-order valence-corrected chi connectivity index (χ4v) is 4.69. The summed E-state index contributed by atoms with van der Waals surface area (Å²) in [5, 5.41) is 0. The van der Waals surface area contributed by atoms with Crippen LogP contribution in [-0.4, -0.2) is 12.8 Å². The minimum atomic E-state index is 0.492. The molecular formula is C25H34IN. The third-order valence-electron chi connectivity index (χ3n) is 5.64. The number of nitrogens with zero attached hydrogens (tertiary/aromatic N) is 1. The van der Waals surface area contributed by atoms with Crippen molar-refractivity contribution in [1.29, 1.82) is 0 Å². The number of aliphatic imine (C=N–C) groups is 1. The Hall–Kier alpha value is -1.16. The topological polar surface area (TPSA) is 12.4 Å². The monoisotopic (exact) mass is 475 g/mol. The third kappa shape index (κ3) is 5.22. The second-order valence-corrected chi connectivity index (χ2v) is 9.07. The summed E-state index contributed by atoms with van der Waals surface area (Å²) in [6, 6.07) is 0. The third-order valence-corrected chi connectivity index (χ3v) is 6.94. The van der Waals surface area contributed by atoms with E-state index in [9.17, 15) is 0 Å². The molecule has 0 fully saturated rings. The Bertz CT molecular complexity index is 796. The molecule has 0 aromatic carbocycles. The number of hydrogen-bond acceptors (Lipinski definition) is 1.